The summed E-state index contributed by atoms with van der Waals surface area (Å²) in [5.74, 6) is 0.619. The molecule has 9 aromatic carbocycles. The van der Waals surface area contributed by atoms with Gasteiger partial charge in [0.05, 0.1) is 11.0 Å². The first-order valence-electron chi connectivity index (χ1n) is 18.6. The van der Waals surface area contributed by atoms with E-state index in [1.165, 1.54) is 32.6 Å². The van der Waals surface area contributed by atoms with E-state index in [2.05, 4.69) is 179 Å². The summed E-state index contributed by atoms with van der Waals surface area (Å²) in [6, 6.07) is 70.9. The van der Waals surface area contributed by atoms with Crippen LogP contribution in [0.25, 0.3) is 82.7 Å². The van der Waals surface area contributed by atoms with Gasteiger partial charge in [0.25, 0.3) is 0 Å². The zero-order valence-corrected chi connectivity index (χ0v) is 29.8. The summed E-state index contributed by atoms with van der Waals surface area (Å²) in [5, 5.41) is 7.03. The molecule has 4 heteroatoms. The number of fused-ring (bicyclic) bond motifs is 8. The molecule has 0 aliphatic heterocycles. The fraction of sp³-hybridized carbons (Fsp3) is 0. The highest BCUT2D eigenvalue weighted by atomic mass is 16.3. The molecule has 0 saturated heterocycles. The summed E-state index contributed by atoms with van der Waals surface area (Å²) >= 11 is 0. The van der Waals surface area contributed by atoms with Gasteiger partial charge >= 0.3 is 0 Å². The van der Waals surface area contributed by atoms with E-state index >= 15 is 0 Å². The third-order valence-corrected chi connectivity index (χ3v) is 10.8. The molecule has 0 radical (unpaired) electrons. The molecule has 11 rings (SSSR count). The first-order valence-corrected chi connectivity index (χ1v) is 18.6. The zero-order chi connectivity index (χ0) is 36.3. The maximum atomic E-state index is 6.63. The molecule has 0 atom stereocenters. The molecule has 0 amide bonds. The molecule has 0 saturated carbocycles. The molecule has 11 aromatic rings. The van der Waals surface area contributed by atoms with Crippen molar-refractivity contribution in [1.82, 2.24) is 9.55 Å². The predicted octanol–water partition coefficient (Wildman–Crippen LogP) is 14.0. The molecule has 0 spiro atoms. The van der Waals surface area contributed by atoms with Crippen molar-refractivity contribution in [2.45, 2.75) is 0 Å². The maximum absolute atomic E-state index is 6.63. The van der Waals surface area contributed by atoms with Crippen molar-refractivity contribution in [3.8, 4) is 28.3 Å². The molecule has 0 bridgehead atoms. The van der Waals surface area contributed by atoms with Crippen molar-refractivity contribution in [3.63, 3.8) is 0 Å². The van der Waals surface area contributed by atoms with Crippen LogP contribution in [0.15, 0.2) is 205 Å². The zero-order valence-electron chi connectivity index (χ0n) is 29.8. The van der Waals surface area contributed by atoms with E-state index in [0.29, 0.717) is 5.89 Å². The molecular weight excluding hydrogens is 671 g/mol. The molecule has 2 heterocycles. The SMILES string of the molecule is c1ccc(-c2nc3c(-c4ccc(N(c5ccccc5)c5ccc6c(c5)c5ccccc5n6-c5ccccc5)cc4)cc4c5ccccc5ccc4c3o2)cc1. The fourth-order valence-electron chi connectivity index (χ4n) is 8.24. The normalized spacial score (nSPS) is 11.6. The Morgan fingerprint density at radius 2 is 1.05 bits per heavy atom. The van der Waals surface area contributed by atoms with Gasteiger partial charge in [-0.15, -0.1) is 0 Å². The molecule has 2 aromatic heterocycles. The third-order valence-electron chi connectivity index (χ3n) is 10.8. The van der Waals surface area contributed by atoms with Gasteiger partial charge in [-0.3, -0.25) is 0 Å². The molecule has 0 aliphatic carbocycles. The standard InChI is InChI=1S/C51H33N3O/c1-4-15-36(16-5-1)51-52-49-44(33-45-41-21-11-10-14-34(41)26-30-43(45)50(49)55-51)35-24-27-39(28-25-35)53(37-17-6-2-7-18-37)40-29-31-48-46(32-40)42-22-12-13-23-47(42)54(48)38-19-8-3-9-20-38/h1-33H. The van der Waals surface area contributed by atoms with Crippen LogP contribution in [-0.4, -0.2) is 9.55 Å². The van der Waals surface area contributed by atoms with E-state index in [-0.39, 0.29) is 0 Å². The number of hydrogen-bond acceptors (Lipinski definition) is 3. The number of nitrogens with zero attached hydrogens (tertiary/aromatic N) is 3. The van der Waals surface area contributed by atoms with Crippen LogP contribution >= 0.6 is 0 Å². The van der Waals surface area contributed by atoms with E-state index in [0.717, 1.165) is 61.3 Å². The monoisotopic (exact) mass is 703 g/mol. The van der Waals surface area contributed by atoms with Gasteiger partial charge in [-0.2, -0.15) is 0 Å². The van der Waals surface area contributed by atoms with Gasteiger partial charge in [-0.25, -0.2) is 4.98 Å². The van der Waals surface area contributed by atoms with Crippen LogP contribution in [0.1, 0.15) is 0 Å². The first kappa shape index (κ1) is 31.1. The summed E-state index contributed by atoms with van der Waals surface area (Å²) in [5.41, 5.74) is 11.5. The van der Waals surface area contributed by atoms with Crippen molar-refractivity contribution in [2.24, 2.45) is 0 Å². The fourth-order valence-corrected chi connectivity index (χ4v) is 8.24. The number of anilines is 3. The Balaban J connectivity index is 1.08. The quantitative estimate of drug-likeness (QED) is 0.162. The Bertz CT molecular complexity index is 3180. The van der Waals surface area contributed by atoms with E-state index < -0.39 is 0 Å². The molecule has 258 valence electrons. The molecule has 0 aliphatic rings. The van der Waals surface area contributed by atoms with E-state index in [4.69, 9.17) is 9.40 Å². The van der Waals surface area contributed by atoms with Gasteiger partial charge in [0.2, 0.25) is 5.89 Å². The van der Waals surface area contributed by atoms with Crippen LogP contribution in [0, 0.1) is 0 Å². The Labute approximate surface area is 317 Å². The highest BCUT2D eigenvalue weighted by Crippen LogP contribution is 2.43. The lowest BCUT2D eigenvalue weighted by molar-refractivity contribution is 0.623. The van der Waals surface area contributed by atoms with E-state index in [1.807, 2.05) is 30.3 Å². The van der Waals surface area contributed by atoms with Gasteiger partial charge in [-0.1, -0.05) is 115 Å². The van der Waals surface area contributed by atoms with Crippen LogP contribution in [-0.2, 0) is 0 Å². The number of benzene rings is 9. The number of para-hydroxylation sites is 3. The highest BCUT2D eigenvalue weighted by molar-refractivity contribution is 6.19. The molecule has 55 heavy (non-hydrogen) atoms. The van der Waals surface area contributed by atoms with Crippen LogP contribution in [0.2, 0.25) is 0 Å². The number of hydrogen-bond donors (Lipinski definition) is 0. The van der Waals surface area contributed by atoms with Gasteiger partial charge < -0.3 is 13.9 Å². The minimum absolute atomic E-state index is 0.619. The second kappa shape index (κ2) is 12.6. The van der Waals surface area contributed by atoms with E-state index in [9.17, 15) is 0 Å². The van der Waals surface area contributed by atoms with Crippen LogP contribution in [0.4, 0.5) is 17.1 Å². The molecule has 0 N–H and O–H groups in total. The minimum Gasteiger partial charge on any atom is -0.435 e. The second-order valence-electron chi connectivity index (χ2n) is 14.0. The van der Waals surface area contributed by atoms with Gasteiger partial charge in [-0.05, 0) is 107 Å². The lowest BCUT2D eigenvalue weighted by Crippen LogP contribution is -2.09. The van der Waals surface area contributed by atoms with Gasteiger partial charge in [0.15, 0.2) is 5.58 Å². The summed E-state index contributed by atoms with van der Waals surface area (Å²) in [6.45, 7) is 0. The molecular formula is C51H33N3O. The summed E-state index contributed by atoms with van der Waals surface area (Å²) in [4.78, 5) is 7.48. The van der Waals surface area contributed by atoms with Crippen LogP contribution < -0.4 is 4.90 Å². The Morgan fingerprint density at radius 3 is 1.85 bits per heavy atom. The van der Waals surface area contributed by atoms with Crippen molar-refractivity contribution < 1.29 is 4.42 Å². The molecule has 0 fully saturated rings. The van der Waals surface area contributed by atoms with Crippen molar-refractivity contribution in [2.75, 3.05) is 4.90 Å². The summed E-state index contributed by atoms with van der Waals surface area (Å²) in [6.07, 6.45) is 0. The van der Waals surface area contributed by atoms with E-state index in [1.54, 1.807) is 0 Å². The first-order chi connectivity index (χ1) is 27.3. The Morgan fingerprint density at radius 1 is 0.418 bits per heavy atom. The smallest absolute Gasteiger partial charge is 0.227 e. The largest absolute Gasteiger partial charge is 0.435 e. The molecule has 4 nitrogen and oxygen atoms in total. The number of aromatic nitrogens is 2. The summed E-state index contributed by atoms with van der Waals surface area (Å²) < 4.78 is 8.99. The maximum Gasteiger partial charge on any atom is 0.227 e. The minimum atomic E-state index is 0.619. The number of oxazole rings is 1. The van der Waals surface area contributed by atoms with Crippen molar-refractivity contribution in [3.05, 3.63) is 200 Å². The van der Waals surface area contributed by atoms with Crippen LogP contribution in [0.5, 0.6) is 0 Å². The average molecular weight is 704 g/mol. The Hall–Kier alpha value is -7.43. The lowest BCUT2D eigenvalue weighted by atomic mass is 9.95. The van der Waals surface area contributed by atoms with Crippen molar-refractivity contribution >= 4 is 71.5 Å². The Kier molecular flexibility index (Phi) is 7.14. The topological polar surface area (TPSA) is 34.2 Å². The highest BCUT2D eigenvalue weighted by Gasteiger charge is 2.20. The van der Waals surface area contributed by atoms with Gasteiger partial charge in [0, 0.05) is 50.0 Å². The van der Waals surface area contributed by atoms with Gasteiger partial charge in [0.1, 0.15) is 5.52 Å². The second-order valence-corrected chi connectivity index (χ2v) is 14.0. The summed E-state index contributed by atoms with van der Waals surface area (Å²) in [7, 11) is 0. The number of rotatable bonds is 6. The van der Waals surface area contributed by atoms with Crippen molar-refractivity contribution in [1.29, 1.82) is 0 Å². The predicted molar refractivity (Wildman–Crippen MR) is 229 cm³/mol. The average Bonchev–Trinajstić information content (AvgIpc) is 3.85. The third kappa shape index (κ3) is 5.11. The van der Waals surface area contributed by atoms with Crippen LogP contribution in [0.3, 0.4) is 0 Å². The molecule has 0 unspecified atom stereocenters. The lowest BCUT2D eigenvalue weighted by Gasteiger charge is -2.26.